The van der Waals surface area contributed by atoms with Gasteiger partial charge in [0, 0.05) is 49.6 Å². The third-order valence-corrected chi connectivity index (χ3v) is 5.19. The van der Waals surface area contributed by atoms with Gasteiger partial charge in [-0.2, -0.15) is 0 Å². The molecule has 0 N–H and O–H groups in total. The minimum absolute atomic E-state index is 0.00930. The lowest BCUT2D eigenvalue weighted by atomic mass is 9.96. The number of carbonyl (C=O) groups is 2. The standard InChI is InChI=1S/C17H32N2O2S/c1-16(2,3)14-18-8-10-19(11-9-18)15(21)6-7-17(4,5)22-13-12-20/h12H,6-11,13-14H2,1-5H3. The summed E-state index contributed by atoms with van der Waals surface area (Å²) in [5, 5.41) is 0. The van der Waals surface area contributed by atoms with Gasteiger partial charge in [-0.15, -0.1) is 11.8 Å². The molecule has 0 aromatic heterocycles. The quantitative estimate of drug-likeness (QED) is 0.674. The maximum atomic E-state index is 12.3. The van der Waals surface area contributed by atoms with E-state index in [1.165, 1.54) is 0 Å². The van der Waals surface area contributed by atoms with Crippen LogP contribution in [0.1, 0.15) is 47.5 Å². The number of hydrogen-bond donors (Lipinski definition) is 0. The lowest BCUT2D eigenvalue weighted by Gasteiger charge is -2.38. The van der Waals surface area contributed by atoms with E-state index < -0.39 is 0 Å². The predicted octanol–water partition coefficient (Wildman–Crippen LogP) is 2.67. The number of rotatable bonds is 7. The Morgan fingerprint density at radius 3 is 2.18 bits per heavy atom. The summed E-state index contributed by atoms with van der Waals surface area (Å²) in [4.78, 5) is 27.3. The van der Waals surface area contributed by atoms with Gasteiger partial charge in [0.25, 0.3) is 0 Å². The van der Waals surface area contributed by atoms with E-state index in [0.717, 1.165) is 45.4 Å². The van der Waals surface area contributed by atoms with Gasteiger partial charge in [-0.3, -0.25) is 9.69 Å². The molecule has 1 saturated heterocycles. The van der Waals surface area contributed by atoms with Gasteiger partial charge in [0.15, 0.2) is 0 Å². The summed E-state index contributed by atoms with van der Waals surface area (Å²) >= 11 is 1.63. The third-order valence-electron chi connectivity index (χ3n) is 3.91. The van der Waals surface area contributed by atoms with E-state index in [4.69, 9.17) is 0 Å². The molecule has 1 rings (SSSR count). The van der Waals surface area contributed by atoms with Crippen molar-refractivity contribution in [2.45, 2.75) is 52.2 Å². The minimum Gasteiger partial charge on any atom is -0.340 e. The number of amides is 1. The van der Waals surface area contributed by atoms with Crippen molar-refractivity contribution in [1.82, 2.24) is 9.80 Å². The third kappa shape index (κ3) is 7.63. The number of thioether (sulfide) groups is 1. The molecule has 0 radical (unpaired) electrons. The van der Waals surface area contributed by atoms with Crippen LogP contribution in [0.25, 0.3) is 0 Å². The maximum Gasteiger partial charge on any atom is 0.222 e. The molecule has 1 aliphatic rings. The van der Waals surface area contributed by atoms with Crippen LogP contribution in [0.3, 0.4) is 0 Å². The second kappa shape index (κ2) is 8.34. The highest BCUT2D eigenvalue weighted by atomic mass is 32.2. The second-order valence-electron chi connectivity index (χ2n) is 7.95. The topological polar surface area (TPSA) is 40.6 Å². The number of piperazine rings is 1. The molecule has 0 saturated carbocycles. The zero-order valence-corrected chi connectivity index (χ0v) is 15.7. The fourth-order valence-corrected chi connectivity index (χ4v) is 3.49. The Morgan fingerprint density at radius 1 is 1.09 bits per heavy atom. The highest BCUT2D eigenvalue weighted by Gasteiger charge is 2.26. The molecule has 1 aliphatic heterocycles. The fourth-order valence-electron chi connectivity index (χ4n) is 2.72. The van der Waals surface area contributed by atoms with Crippen LogP contribution in [0.2, 0.25) is 0 Å². The lowest BCUT2D eigenvalue weighted by molar-refractivity contribution is -0.133. The molecule has 1 fully saturated rings. The zero-order valence-electron chi connectivity index (χ0n) is 14.9. The number of hydrogen-bond acceptors (Lipinski definition) is 4. The van der Waals surface area contributed by atoms with Crippen molar-refractivity contribution in [3.05, 3.63) is 0 Å². The summed E-state index contributed by atoms with van der Waals surface area (Å²) in [5.41, 5.74) is 0.312. The van der Waals surface area contributed by atoms with Crippen molar-refractivity contribution >= 4 is 24.0 Å². The van der Waals surface area contributed by atoms with Gasteiger partial charge in [-0.25, -0.2) is 0 Å². The molecule has 5 heteroatoms. The Labute approximate surface area is 140 Å². The van der Waals surface area contributed by atoms with Gasteiger partial charge in [-0.05, 0) is 11.8 Å². The molecule has 22 heavy (non-hydrogen) atoms. The average Bonchev–Trinajstić information content (AvgIpc) is 2.42. The Balaban J connectivity index is 2.32. The van der Waals surface area contributed by atoms with Crippen LogP contribution in [-0.2, 0) is 9.59 Å². The van der Waals surface area contributed by atoms with Crippen LogP contribution in [0.4, 0.5) is 0 Å². The van der Waals surface area contributed by atoms with Gasteiger partial charge in [0.2, 0.25) is 5.91 Å². The molecule has 1 heterocycles. The number of nitrogens with zero attached hydrogens (tertiary/aromatic N) is 2. The van der Waals surface area contributed by atoms with E-state index in [1.807, 2.05) is 4.90 Å². The lowest BCUT2D eigenvalue weighted by Crippen LogP contribution is -2.50. The summed E-state index contributed by atoms with van der Waals surface area (Å²) < 4.78 is -0.00930. The molecule has 0 unspecified atom stereocenters. The molecular weight excluding hydrogens is 296 g/mol. The largest absolute Gasteiger partial charge is 0.340 e. The van der Waals surface area contributed by atoms with Crippen molar-refractivity contribution in [2.24, 2.45) is 5.41 Å². The van der Waals surface area contributed by atoms with Crippen LogP contribution in [0.15, 0.2) is 0 Å². The van der Waals surface area contributed by atoms with Gasteiger partial charge < -0.3 is 9.69 Å². The summed E-state index contributed by atoms with van der Waals surface area (Å²) in [6.07, 6.45) is 2.34. The number of aldehydes is 1. The summed E-state index contributed by atoms with van der Waals surface area (Å²) in [6.45, 7) is 15.7. The molecule has 0 bridgehead atoms. The van der Waals surface area contributed by atoms with E-state index in [-0.39, 0.29) is 10.7 Å². The van der Waals surface area contributed by atoms with Crippen molar-refractivity contribution in [3.63, 3.8) is 0 Å². The zero-order chi connectivity index (χ0) is 16.8. The first-order chi connectivity index (χ1) is 10.1. The molecule has 1 amide bonds. The molecule has 0 aromatic carbocycles. The van der Waals surface area contributed by atoms with E-state index in [0.29, 0.717) is 17.6 Å². The van der Waals surface area contributed by atoms with Crippen LogP contribution < -0.4 is 0 Å². The molecule has 0 spiro atoms. The molecule has 0 aliphatic carbocycles. The molecule has 4 nitrogen and oxygen atoms in total. The van der Waals surface area contributed by atoms with Crippen LogP contribution in [0, 0.1) is 5.41 Å². The fraction of sp³-hybridized carbons (Fsp3) is 0.882. The molecule has 0 aromatic rings. The van der Waals surface area contributed by atoms with Crippen molar-refractivity contribution < 1.29 is 9.59 Å². The van der Waals surface area contributed by atoms with E-state index in [1.54, 1.807) is 11.8 Å². The first-order valence-corrected chi connectivity index (χ1v) is 9.19. The first kappa shape index (κ1) is 19.5. The van der Waals surface area contributed by atoms with E-state index >= 15 is 0 Å². The van der Waals surface area contributed by atoms with Crippen LogP contribution >= 0.6 is 11.8 Å². The minimum atomic E-state index is -0.00930. The molecular formula is C17H32N2O2S. The maximum absolute atomic E-state index is 12.3. The average molecular weight is 329 g/mol. The Kier molecular flexibility index (Phi) is 7.39. The highest BCUT2D eigenvalue weighted by Crippen LogP contribution is 2.29. The second-order valence-corrected chi connectivity index (χ2v) is 9.68. The molecule has 0 atom stereocenters. The van der Waals surface area contributed by atoms with E-state index in [9.17, 15) is 9.59 Å². The van der Waals surface area contributed by atoms with Gasteiger partial charge in [-0.1, -0.05) is 34.6 Å². The van der Waals surface area contributed by atoms with Gasteiger partial charge >= 0.3 is 0 Å². The SMILES string of the molecule is CC(C)(C)CN1CCN(C(=O)CCC(C)(C)SCC=O)CC1. The highest BCUT2D eigenvalue weighted by molar-refractivity contribution is 8.01. The molecule has 128 valence electrons. The summed E-state index contributed by atoms with van der Waals surface area (Å²) in [6, 6.07) is 0. The van der Waals surface area contributed by atoms with Crippen molar-refractivity contribution in [1.29, 1.82) is 0 Å². The monoisotopic (exact) mass is 328 g/mol. The van der Waals surface area contributed by atoms with Crippen LogP contribution in [0.5, 0.6) is 0 Å². The van der Waals surface area contributed by atoms with Crippen molar-refractivity contribution in [3.8, 4) is 0 Å². The number of carbonyl (C=O) groups excluding carboxylic acids is 2. The Bertz CT molecular complexity index is 369. The normalized spacial score (nSPS) is 17.6. The predicted molar refractivity (Wildman–Crippen MR) is 94.3 cm³/mol. The summed E-state index contributed by atoms with van der Waals surface area (Å²) in [5.74, 6) is 0.766. The summed E-state index contributed by atoms with van der Waals surface area (Å²) in [7, 11) is 0. The van der Waals surface area contributed by atoms with Gasteiger partial charge in [0.05, 0.1) is 0 Å². The smallest absolute Gasteiger partial charge is 0.222 e. The van der Waals surface area contributed by atoms with Crippen LogP contribution in [-0.4, -0.2) is 65.2 Å². The Morgan fingerprint density at radius 2 is 1.68 bits per heavy atom. The first-order valence-electron chi connectivity index (χ1n) is 8.21. The van der Waals surface area contributed by atoms with Crippen molar-refractivity contribution in [2.75, 3.05) is 38.5 Å². The van der Waals surface area contributed by atoms with Gasteiger partial charge in [0.1, 0.15) is 6.29 Å². The Hall–Kier alpha value is -0.550. The van der Waals surface area contributed by atoms with E-state index in [2.05, 4.69) is 39.5 Å².